The third-order valence-electron chi connectivity index (χ3n) is 1.69. The van der Waals surface area contributed by atoms with Crippen LogP contribution >= 0.6 is 27.3 Å². The summed E-state index contributed by atoms with van der Waals surface area (Å²) in [5.41, 5.74) is 1.24. The van der Waals surface area contributed by atoms with Crippen LogP contribution in [0.4, 0.5) is 0 Å². The number of rotatable bonds is 5. The maximum Gasteiger partial charge on any atom is 0.320 e. The molecule has 14 heavy (non-hydrogen) atoms. The Balaban J connectivity index is 2.18. The van der Waals surface area contributed by atoms with E-state index in [1.165, 1.54) is 12.7 Å². The van der Waals surface area contributed by atoms with Crippen molar-refractivity contribution in [3.05, 3.63) is 22.4 Å². The quantitative estimate of drug-likeness (QED) is 0.659. The third kappa shape index (κ3) is 3.77. The molecule has 1 aromatic rings. The molecular weight excluding hydrogens is 266 g/mol. The number of thiophene rings is 1. The molecule has 0 saturated heterocycles. The highest BCUT2D eigenvalue weighted by Crippen LogP contribution is 2.06. The van der Waals surface area contributed by atoms with Crippen LogP contribution in [0.5, 0.6) is 0 Å². The Kier molecular flexibility index (Phi) is 5.14. The second-order valence-electron chi connectivity index (χ2n) is 2.75. The van der Waals surface area contributed by atoms with Crippen LogP contribution in [0.15, 0.2) is 16.8 Å². The zero-order valence-corrected chi connectivity index (χ0v) is 10.2. The van der Waals surface area contributed by atoms with E-state index in [-0.39, 0.29) is 10.8 Å². The lowest BCUT2D eigenvalue weighted by Crippen LogP contribution is -2.29. The number of alkyl halides is 1. The van der Waals surface area contributed by atoms with Gasteiger partial charge in [0.1, 0.15) is 4.83 Å². The Labute approximate surface area is 95.6 Å². The molecule has 3 nitrogen and oxygen atoms in total. The number of hydrogen-bond acceptors (Lipinski definition) is 4. The Morgan fingerprint density at radius 1 is 1.79 bits per heavy atom. The van der Waals surface area contributed by atoms with Crippen LogP contribution in [0, 0.1) is 0 Å². The largest absolute Gasteiger partial charge is 0.468 e. The number of hydrogen-bond donors (Lipinski definition) is 1. The summed E-state index contributed by atoms with van der Waals surface area (Å²) in [6.45, 7) is 1.35. The molecule has 1 atom stereocenters. The molecule has 0 aliphatic heterocycles. The first-order chi connectivity index (χ1) is 6.74. The average Bonchev–Trinajstić information content (AvgIpc) is 2.69. The minimum atomic E-state index is -0.272. The van der Waals surface area contributed by atoms with Crippen LogP contribution in [-0.4, -0.2) is 24.5 Å². The molecule has 1 heterocycles. The maximum atomic E-state index is 11.0. The first kappa shape index (κ1) is 11.7. The second kappa shape index (κ2) is 6.16. The van der Waals surface area contributed by atoms with Gasteiger partial charge < -0.3 is 10.1 Å². The van der Waals surface area contributed by atoms with E-state index in [0.717, 1.165) is 6.54 Å². The molecule has 1 unspecified atom stereocenters. The molecule has 1 aromatic heterocycles. The van der Waals surface area contributed by atoms with Crippen molar-refractivity contribution >= 4 is 33.2 Å². The van der Waals surface area contributed by atoms with Crippen molar-refractivity contribution in [2.45, 2.75) is 11.4 Å². The summed E-state index contributed by atoms with van der Waals surface area (Å²) in [7, 11) is 1.38. The van der Waals surface area contributed by atoms with E-state index in [1.54, 1.807) is 11.3 Å². The highest BCUT2D eigenvalue weighted by atomic mass is 79.9. The van der Waals surface area contributed by atoms with E-state index in [0.29, 0.717) is 6.54 Å². The van der Waals surface area contributed by atoms with E-state index >= 15 is 0 Å². The molecule has 0 saturated carbocycles. The minimum absolute atomic E-state index is 0.247. The monoisotopic (exact) mass is 277 g/mol. The van der Waals surface area contributed by atoms with Crippen LogP contribution in [0.1, 0.15) is 5.56 Å². The Morgan fingerprint density at radius 2 is 2.57 bits per heavy atom. The standard InChI is InChI=1S/C9H12BrNO2S/c1-13-9(12)8(10)5-11-4-7-2-3-14-6-7/h2-3,6,8,11H,4-5H2,1H3. The van der Waals surface area contributed by atoms with E-state index in [4.69, 9.17) is 0 Å². The zero-order valence-electron chi connectivity index (χ0n) is 7.83. The predicted octanol–water partition coefficient (Wildman–Crippen LogP) is 1.77. The predicted molar refractivity (Wildman–Crippen MR) is 60.8 cm³/mol. The van der Waals surface area contributed by atoms with Crippen LogP contribution < -0.4 is 5.32 Å². The lowest BCUT2D eigenvalue weighted by Gasteiger charge is -2.07. The first-order valence-electron chi connectivity index (χ1n) is 4.17. The Morgan fingerprint density at radius 3 is 3.14 bits per heavy atom. The van der Waals surface area contributed by atoms with Crippen LogP contribution in [-0.2, 0) is 16.1 Å². The number of carbonyl (C=O) groups is 1. The fourth-order valence-electron chi connectivity index (χ4n) is 0.948. The van der Waals surface area contributed by atoms with E-state index < -0.39 is 0 Å². The Bertz CT molecular complexity index is 276. The van der Waals surface area contributed by atoms with Gasteiger partial charge in [-0.25, -0.2) is 0 Å². The molecule has 1 N–H and O–H groups in total. The van der Waals surface area contributed by atoms with Gasteiger partial charge in [-0.05, 0) is 22.4 Å². The summed E-state index contributed by atoms with van der Waals surface area (Å²) in [4.78, 5) is 10.7. The molecule has 0 amide bonds. The normalized spacial score (nSPS) is 12.4. The van der Waals surface area contributed by atoms with Gasteiger partial charge in [0.2, 0.25) is 0 Å². The number of nitrogens with one attached hydrogen (secondary N) is 1. The molecular formula is C9H12BrNO2S. The number of ether oxygens (including phenoxy) is 1. The molecule has 0 spiro atoms. The summed E-state index contributed by atoms with van der Waals surface area (Å²) in [5, 5.41) is 7.27. The van der Waals surface area contributed by atoms with Gasteiger partial charge in [-0.1, -0.05) is 15.9 Å². The van der Waals surface area contributed by atoms with Gasteiger partial charge in [0, 0.05) is 13.1 Å². The molecule has 78 valence electrons. The summed E-state index contributed by atoms with van der Waals surface area (Å²) in [6, 6.07) is 2.05. The van der Waals surface area contributed by atoms with Gasteiger partial charge in [0.05, 0.1) is 7.11 Å². The Hall–Kier alpha value is -0.390. The van der Waals surface area contributed by atoms with Crippen LogP contribution in [0.2, 0.25) is 0 Å². The molecule has 0 radical (unpaired) electrons. The highest BCUT2D eigenvalue weighted by molar-refractivity contribution is 9.10. The molecule has 0 bridgehead atoms. The summed E-state index contributed by atoms with van der Waals surface area (Å²) < 4.78 is 4.58. The summed E-state index contributed by atoms with van der Waals surface area (Å²) >= 11 is 4.90. The second-order valence-corrected chi connectivity index (χ2v) is 4.64. The summed E-state index contributed by atoms with van der Waals surface area (Å²) in [5.74, 6) is -0.247. The molecule has 5 heteroatoms. The van der Waals surface area contributed by atoms with E-state index in [2.05, 4.69) is 37.4 Å². The van der Waals surface area contributed by atoms with E-state index in [1.807, 2.05) is 5.38 Å². The van der Waals surface area contributed by atoms with E-state index in [9.17, 15) is 4.79 Å². The summed E-state index contributed by atoms with van der Waals surface area (Å²) in [6.07, 6.45) is 0. The smallest absolute Gasteiger partial charge is 0.320 e. The molecule has 0 aromatic carbocycles. The molecule has 0 aliphatic rings. The zero-order chi connectivity index (χ0) is 10.4. The van der Waals surface area contributed by atoms with Crippen molar-refractivity contribution in [2.75, 3.05) is 13.7 Å². The highest BCUT2D eigenvalue weighted by Gasteiger charge is 2.13. The van der Waals surface area contributed by atoms with Crippen LogP contribution in [0.3, 0.4) is 0 Å². The van der Waals surface area contributed by atoms with Gasteiger partial charge in [-0.15, -0.1) is 0 Å². The number of halogens is 1. The topological polar surface area (TPSA) is 38.3 Å². The number of methoxy groups -OCH3 is 1. The van der Waals surface area contributed by atoms with Crippen molar-refractivity contribution in [2.24, 2.45) is 0 Å². The lowest BCUT2D eigenvalue weighted by atomic mass is 10.3. The first-order valence-corrected chi connectivity index (χ1v) is 6.03. The minimum Gasteiger partial charge on any atom is -0.468 e. The molecule has 0 fully saturated rings. The van der Waals surface area contributed by atoms with Crippen molar-refractivity contribution < 1.29 is 9.53 Å². The molecule has 0 aliphatic carbocycles. The van der Waals surface area contributed by atoms with Gasteiger partial charge in [-0.3, -0.25) is 4.79 Å². The van der Waals surface area contributed by atoms with Crippen molar-refractivity contribution in [3.63, 3.8) is 0 Å². The van der Waals surface area contributed by atoms with Crippen molar-refractivity contribution in [3.8, 4) is 0 Å². The van der Waals surface area contributed by atoms with Crippen molar-refractivity contribution in [1.82, 2.24) is 5.32 Å². The fourth-order valence-corrected chi connectivity index (χ4v) is 2.03. The lowest BCUT2D eigenvalue weighted by molar-refractivity contribution is -0.139. The average molecular weight is 278 g/mol. The van der Waals surface area contributed by atoms with Gasteiger partial charge in [0.25, 0.3) is 0 Å². The maximum absolute atomic E-state index is 11.0. The SMILES string of the molecule is COC(=O)C(Br)CNCc1ccsc1. The van der Waals surface area contributed by atoms with Gasteiger partial charge >= 0.3 is 5.97 Å². The fraction of sp³-hybridized carbons (Fsp3) is 0.444. The van der Waals surface area contributed by atoms with Crippen LogP contribution in [0.25, 0.3) is 0 Å². The number of esters is 1. The molecule has 1 rings (SSSR count). The van der Waals surface area contributed by atoms with Gasteiger partial charge in [0.15, 0.2) is 0 Å². The van der Waals surface area contributed by atoms with Gasteiger partial charge in [-0.2, -0.15) is 11.3 Å². The van der Waals surface area contributed by atoms with Crippen molar-refractivity contribution in [1.29, 1.82) is 0 Å². The number of carbonyl (C=O) groups excluding carboxylic acids is 1. The third-order valence-corrected chi connectivity index (χ3v) is 3.12.